The number of carbonyl (C=O) groups excluding carboxylic acids is 1. The Bertz CT molecular complexity index is 1060. The van der Waals surface area contributed by atoms with Crippen molar-refractivity contribution in [1.29, 1.82) is 0 Å². The molecule has 164 valence electrons. The van der Waals surface area contributed by atoms with Crippen molar-refractivity contribution in [3.8, 4) is 0 Å². The van der Waals surface area contributed by atoms with Crippen molar-refractivity contribution in [1.82, 2.24) is 20.1 Å². The average molecular weight is 432 g/mol. The number of carbonyl (C=O) groups is 1. The number of hydrogen-bond donors (Lipinski definition) is 3. The van der Waals surface area contributed by atoms with E-state index in [1.165, 1.54) is 25.2 Å². The van der Waals surface area contributed by atoms with Crippen LogP contribution >= 0.6 is 0 Å². The maximum atomic E-state index is 13.6. The number of anilines is 4. The molecule has 0 bridgehead atoms. The van der Waals surface area contributed by atoms with Crippen LogP contribution in [0.1, 0.15) is 29.8 Å². The predicted molar refractivity (Wildman–Crippen MR) is 113 cm³/mol. The Morgan fingerprint density at radius 3 is 2.55 bits per heavy atom. The molecule has 1 amide bonds. The highest BCUT2D eigenvalue weighted by atomic mass is 19.4. The Balaban J connectivity index is 1.93. The van der Waals surface area contributed by atoms with Gasteiger partial charge in [0.15, 0.2) is 0 Å². The van der Waals surface area contributed by atoms with E-state index < -0.39 is 17.6 Å². The van der Waals surface area contributed by atoms with Crippen LogP contribution in [0.2, 0.25) is 0 Å². The number of aromatic nitrogens is 3. The van der Waals surface area contributed by atoms with Gasteiger partial charge in [0.25, 0.3) is 5.91 Å². The normalized spacial score (nSPS) is 11.5. The molecule has 0 radical (unpaired) electrons. The zero-order chi connectivity index (χ0) is 22.6. The fourth-order valence-corrected chi connectivity index (χ4v) is 2.97. The van der Waals surface area contributed by atoms with E-state index in [9.17, 15) is 18.0 Å². The van der Waals surface area contributed by atoms with Gasteiger partial charge >= 0.3 is 6.18 Å². The van der Waals surface area contributed by atoms with Gasteiger partial charge in [-0.25, -0.2) is 4.98 Å². The van der Waals surface area contributed by atoms with Crippen LogP contribution in [-0.4, -0.2) is 27.7 Å². The van der Waals surface area contributed by atoms with E-state index in [-0.39, 0.29) is 22.8 Å². The third-order valence-corrected chi connectivity index (χ3v) is 4.34. The van der Waals surface area contributed by atoms with Gasteiger partial charge < -0.3 is 16.0 Å². The topological polar surface area (TPSA) is 83.9 Å². The molecule has 10 heteroatoms. The second-order valence-corrected chi connectivity index (χ2v) is 7.33. The molecule has 2 aromatic heterocycles. The van der Waals surface area contributed by atoms with Crippen molar-refractivity contribution in [3.63, 3.8) is 0 Å². The number of halogens is 3. The van der Waals surface area contributed by atoms with Gasteiger partial charge in [0, 0.05) is 32.1 Å². The monoisotopic (exact) mass is 432 g/mol. The Morgan fingerprint density at radius 1 is 1.13 bits per heavy atom. The minimum Gasteiger partial charge on any atom is -0.355 e. The second kappa shape index (κ2) is 9.07. The summed E-state index contributed by atoms with van der Waals surface area (Å²) in [6.07, 6.45) is -0.535. The smallest absolute Gasteiger partial charge is 0.355 e. The van der Waals surface area contributed by atoms with Crippen LogP contribution in [-0.2, 0) is 12.7 Å². The molecule has 0 aliphatic heterocycles. The van der Waals surface area contributed by atoms with E-state index in [2.05, 4.69) is 39.9 Å². The zero-order valence-electron chi connectivity index (χ0n) is 17.3. The lowest BCUT2D eigenvalue weighted by Gasteiger charge is -2.17. The van der Waals surface area contributed by atoms with Gasteiger partial charge in [-0.3, -0.25) is 9.48 Å². The predicted octanol–water partition coefficient (Wildman–Crippen LogP) is 4.80. The Morgan fingerprint density at radius 2 is 1.87 bits per heavy atom. The van der Waals surface area contributed by atoms with Crippen LogP contribution in [0.15, 0.2) is 48.9 Å². The molecule has 3 N–H and O–H groups in total. The van der Waals surface area contributed by atoms with Crippen molar-refractivity contribution < 1.29 is 18.0 Å². The molecule has 0 atom stereocenters. The lowest BCUT2D eigenvalue weighted by molar-refractivity contribution is -0.137. The molecule has 7 nitrogen and oxygen atoms in total. The van der Waals surface area contributed by atoms with Gasteiger partial charge in [-0.1, -0.05) is 26.0 Å². The number of nitrogens with zero attached hydrogens (tertiary/aromatic N) is 3. The number of amides is 1. The van der Waals surface area contributed by atoms with Crippen molar-refractivity contribution in [2.24, 2.45) is 5.92 Å². The zero-order valence-corrected chi connectivity index (χ0v) is 17.3. The van der Waals surface area contributed by atoms with Gasteiger partial charge in [0.1, 0.15) is 5.82 Å². The lowest BCUT2D eigenvalue weighted by Crippen LogP contribution is -2.19. The first-order chi connectivity index (χ1) is 14.7. The molecule has 0 fully saturated rings. The summed E-state index contributed by atoms with van der Waals surface area (Å²) in [5.74, 6) is 0.187. The molecule has 3 aromatic rings. The fraction of sp³-hybridized carbons (Fsp3) is 0.286. The summed E-state index contributed by atoms with van der Waals surface area (Å²) < 4.78 is 42.4. The van der Waals surface area contributed by atoms with Crippen LogP contribution in [0.4, 0.5) is 36.1 Å². The van der Waals surface area contributed by atoms with Crippen LogP contribution in [0.25, 0.3) is 0 Å². The minimum atomic E-state index is -4.63. The van der Waals surface area contributed by atoms with Crippen molar-refractivity contribution in [3.05, 3.63) is 60.0 Å². The largest absolute Gasteiger partial charge is 0.419 e. The van der Waals surface area contributed by atoms with Crippen molar-refractivity contribution in [2.75, 3.05) is 17.7 Å². The molecule has 0 spiro atoms. The Labute approximate surface area is 177 Å². The Hall–Kier alpha value is -3.56. The maximum Gasteiger partial charge on any atom is 0.419 e. The van der Waals surface area contributed by atoms with Crippen molar-refractivity contribution >= 4 is 28.8 Å². The second-order valence-electron chi connectivity index (χ2n) is 7.33. The number of hydrogen-bond acceptors (Lipinski definition) is 5. The first-order valence-corrected chi connectivity index (χ1v) is 9.62. The molecular weight excluding hydrogens is 409 g/mol. The van der Waals surface area contributed by atoms with Crippen LogP contribution in [0.3, 0.4) is 0 Å². The summed E-state index contributed by atoms with van der Waals surface area (Å²) in [4.78, 5) is 16.0. The summed E-state index contributed by atoms with van der Waals surface area (Å²) in [6, 6.07) is 7.58. The number of rotatable bonds is 7. The molecule has 0 saturated heterocycles. The van der Waals surface area contributed by atoms with Crippen molar-refractivity contribution in [2.45, 2.75) is 26.6 Å². The van der Waals surface area contributed by atoms with Crippen LogP contribution in [0, 0.1) is 5.92 Å². The number of para-hydroxylation sites is 1. The summed E-state index contributed by atoms with van der Waals surface area (Å²) in [5.41, 5.74) is -0.102. The van der Waals surface area contributed by atoms with Crippen LogP contribution in [0.5, 0.6) is 0 Å². The molecule has 1 aromatic carbocycles. The van der Waals surface area contributed by atoms with E-state index in [1.807, 2.05) is 0 Å². The van der Waals surface area contributed by atoms with Crippen LogP contribution < -0.4 is 16.0 Å². The van der Waals surface area contributed by atoms with E-state index in [1.54, 1.807) is 29.2 Å². The highest BCUT2D eigenvalue weighted by Crippen LogP contribution is 2.37. The molecular formula is C21H23F3N6O. The fourth-order valence-electron chi connectivity index (χ4n) is 2.97. The van der Waals surface area contributed by atoms with Gasteiger partial charge in [0.05, 0.1) is 34.4 Å². The van der Waals surface area contributed by atoms with Gasteiger partial charge in [-0.2, -0.15) is 18.3 Å². The Kier molecular flexibility index (Phi) is 6.47. The third kappa shape index (κ3) is 5.53. The maximum absolute atomic E-state index is 13.6. The number of nitrogens with one attached hydrogen (secondary N) is 3. The number of alkyl halides is 3. The standard InChI is InChI=1S/C21H23F3N6O/c1-13(2)11-30-12-14(9-27-30)28-19-8-18(16(10-26-19)21(22,23)24)29-17-7-5-4-6-15(17)20(31)25-3/h4-10,12-13H,11H2,1-3H3,(H,25,31)(H2,26,28,29). The highest BCUT2D eigenvalue weighted by Gasteiger charge is 2.34. The first-order valence-electron chi connectivity index (χ1n) is 9.62. The third-order valence-electron chi connectivity index (χ3n) is 4.34. The van der Waals surface area contributed by atoms with Gasteiger partial charge in [-0.15, -0.1) is 0 Å². The van der Waals surface area contributed by atoms with E-state index in [0.29, 0.717) is 18.2 Å². The summed E-state index contributed by atoms with van der Waals surface area (Å²) in [7, 11) is 1.45. The number of benzene rings is 1. The summed E-state index contributed by atoms with van der Waals surface area (Å²) >= 11 is 0. The molecule has 2 heterocycles. The minimum absolute atomic E-state index is 0.206. The van der Waals surface area contributed by atoms with E-state index in [0.717, 1.165) is 6.20 Å². The lowest BCUT2D eigenvalue weighted by atomic mass is 10.1. The van der Waals surface area contributed by atoms with Gasteiger partial charge in [-0.05, 0) is 18.1 Å². The average Bonchev–Trinajstić information content (AvgIpc) is 3.13. The molecule has 0 saturated carbocycles. The van der Waals surface area contributed by atoms with Gasteiger partial charge in [0.2, 0.25) is 0 Å². The van der Waals surface area contributed by atoms with E-state index in [4.69, 9.17) is 0 Å². The highest BCUT2D eigenvalue weighted by molar-refractivity contribution is 6.00. The molecule has 3 rings (SSSR count). The first kappa shape index (κ1) is 22.1. The SMILES string of the molecule is CNC(=O)c1ccccc1Nc1cc(Nc2cnn(CC(C)C)c2)ncc1C(F)(F)F. The summed E-state index contributed by atoms with van der Waals surface area (Å²) in [5, 5.41) is 12.4. The number of pyridine rings is 1. The molecule has 0 aliphatic rings. The molecule has 31 heavy (non-hydrogen) atoms. The van der Waals surface area contributed by atoms with E-state index >= 15 is 0 Å². The molecule has 0 aliphatic carbocycles. The summed E-state index contributed by atoms with van der Waals surface area (Å²) in [6.45, 7) is 4.83. The molecule has 0 unspecified atom stereocenters. The quantitative estimate of drug-likeness (QED) is 0.500.